The maximum absolute atomic E-state index is 11.9. The minimum absolute atomic E-state index is 0.341. The minimum Gasteiger partial charge on any atom is -0.324 e. The molecule has 2 aromatic rings. The first kappa shape index (κ1) is 15.5. The molecule has 0 radical (unpaired) electrons. The first-order valence-corrected chi connectivity index (χ1v) is 7.81. The molecule has 3 rings (SSSR count). The second-order valence-electron chi connectivity index (χ2n) is 5.39. The summed E-state index contributed by atoms with van der Waals surface area (Å²) < 4.78 is 3.28. The highest BCUT2D eigenvalue weighted by Crippen LogP contribution is 2.25. The Morgan fingerprint density at radius 1 is 1.24 bits per heavy atom. The Labute approximate surface area is 123 Å². The van der Waals surface area contributed by atoms with Crippen LogP contribution in [-0.4, -0.2) is 19.1 Å². The van der Waals surface area contributed by atoms with E-state index in [4.69, 9.17) is 0 Å². The number of imidazole rings is 1. The Morgan fingerprint density at radius 2 is 1.90 bits per heavy atom. The lowest BCUT2D eigenvalue weighted by Crippen LogP contribution is -2.29. The number of aryl methyl sites for hydroxylation is 1. The molecule has 1 saturated carbocycles. The molecule has 0 unspecified atom stereocenters. The predicted molar refractivity (Wildman–Crippen MR) is 83.5 cm³/mol. The molecule has 6 heteroatoms. The number of H-pyrrole nitrogens is 1. The molecule has 0 amide bonds. The Hall–Kier alpha value is -1.85. The fraction of sp³-hybridized carbons (Fsp3) is 0.667. The van der Waals surface area contributed by atoms with Gasteiger partial charge in [0.1, 0.15) is 0 Å². The number of rotatable bonds is 2. The number of fused-ring (bicyclic) bond motifs is 1. The summed E-state index contributed by atoms with van der Waals surface area (Å²) in [6.07, 6.45) is 7.95. The topological polar surface area (TPSA) is 72.7 Å². The van der Waals surface area contributed by atoms with Gasteiger partial charge in [-0.2, -0.15) is 0 Å². The van der Waals surface area contributed by atoms with Crippen LogP contribution in [0.15, 0.2) is 15.9 Å². The van der Waals surface area contributed by atoms with Gasteiger partial charge in [0.25, 0.3) is 5.56 Å². The summed E-state index contributed by atoms with van der Waals surface area (Å²) in [6, 6.07) is 0. The zero-order chi connectivity index (χ0) is 15.4. The van der Waals surface area contributed by atoms with E-state index in [-0.39, 0.29) is 5.56 Å². The summed E-state index contributed by atoms with van der Waals surface area (Å²) in [7, 11) is 1.62. The molecule has 0 saturated heterocycles. The van der Waals surface area contributed by atoms with Crippen LogP contribution in [0.5, 0.6) is 0 Å². The Bertz CT molecular complexity index is 705. The maximum Gasteiger partial charge on any atom is 0.329 e. The molecule has 6 nitrogen and oxygen atoms in total. The van der Waals surface area contributed by atoms with E-state index in [1.54, 1.807) is 13.4 Å². The van der Waals surface area contributed by atoms with Gasteiger partial charge in [-0.25, -0.2) is 9.78 Å². The standard InChI is InChI=1S/C13H18N4O2.C2H6/c1-16-11-10(12(18)15-13(16)19)17(8-14-11)7-9-5-3-2-4-6-9;1-2/h8-9H,2-7H2,1H3,(H,15,18,19);1-2H3. The number of hydrogen-bond donors (Lipinski definition) is 1. The highest BCUT2D eigenvalue weighted by molar-refractivity contribution is 5.69. The number of aromatic amines is 1. The summed E-state index contributed by atoms with van der Waals surface area (Å²) in [5.74, 6) is 0.614. The van der Waals surface area contributed by atoms with E-state index in [1.165, 1.54) is 36.7 Å². The van der Waals surface area contributed by atoms with Gasteiger partial charge in [-0.3, -0.25) is 14.3 Å². The third kappa shape index (κ3) is 3.09. The Morgan fingerprint density at radius 3 is 2.57 bits per heavy atom. The summed E-state index contributed by atoms with van der Waals surface area (Å²) in [4.78, 5) is 30.0. The second kappa shape index (κ2) is 6.74. The molecule has 0 bridgehead atoms. The molecule has 21 heavy (non-hydrogen) atoms. The van der Waals surface area contributed by atoms with Gasteiger partial charge in [-0.15, -0.1) is 0 Å². The highest BCUT2D eigenvalue weighted by Gasteiger charge is 2.17. The second-order valence-corrected chi connectivity index (χ2v) is 5.39. The molecule has 0 spiro atoms. The first-order valence-electron chi connectivity index (χ1n) is 7.81. The van der Waals surface area contributed by atoms with Crippen LogP contribution in [0, 0.1) is 5.92 Å². The molecule has 0 atom stereocenters. The average Bonchev–Trinajstić information content (AvgIpc) is 2.92. The van der Waals surface area contributed by atoms with Crippen molar-refractivity contribution in [2.75, 3.05) is 0 Å². The average molecular weight is 292 g/mol. The largest absolute Gasteiger partial charge is 0.329 e. The Balaban J connectivity index is 0.000000774. The van der Waals surface area contributed by atoms with Crippen molar-refractivity contribution in [3.8, 4) is 0 Å². The lowest BCUT2D eigenvalue weighted by molar-refractivity contribution is 0.322. The molecule has 2 heterocycles. The molecule has 1 aliphatic carbocycles. The SMILES string of the molecule is CC.Cn1c(=O)[nH]c(=O)c2c1ncn2CC1CCCCC1. The lowest BCUT2D eigenvalue weighted by atomic mass is 9.89. The maximum atomic E-state index is 11.9. The summed E-state index contributed by atoms with van der Waals surface area (Å²) in [6.45, 7) is 4.82. The van der Waals surface area contributed by atoms with E-state index >= 15 is 0 Å². The zero-order valence-corrected chi connectivity index (χ0v) is 13.1. The molecule has 1 fully saturated rings. The number of nitrogens with one attached hydrogen (secondary N) is 1. The third-order valence-electron chi connectivity index (χ3n) is 4.06. The van der Waals surface area contributed by atoms with E-state index in [2.05, 4.69) is 9.97 Å². The van der Waals surface area contributed by atoms with Crippen LogP contribution in [-0.2, 0) is 13.6 Å². The summed E-state index contributed by atoms with van der Waals surface area (Å²) >= 11 is 0. The molecule has 2 aromatic heterocycles. The van der Waals surface area contributed by atoms with Gasteiger partial charge in [-0.05, 0) is 18.8 Å². The Kier molecular flexibility index (Phi) is 4.98. The molecule has 1 aliphatic rings. The van der Waals surface area contributed by atoms with Crippen molar-refractivity contribution in [2.24, 2.45) is 13.0 Å². The summed E-state index contributed by atoms with van der Waals surface area (Å²) in [5.41, 5.74) is 0.212. The van der Waals surface area contributed by atoms with Crippen molar-refractivity contribution in [2.45, 2.75) is 52.5 Å². The molecule has 1 N–H and O–H groups in total. The van der Waals surface area contributed by atoms with Gasteiger partial charge in [-0.1, -0.05) is 33.1 Å². The van der Waals surface area contributed by atoms with Crippen LogP contribution in [0.4, 0.5) is 0 Å². The van der Waals surface area contributed by atoms with Crippen molar-refractivity contribution in [1.82, 2.24) is 19.1 Å². The zero-order valence-electron chi connectivity index (χ0n) is 13.1. The van der Waals surface area contributed by atoms with E-state index < -0.39 is 5.69 Å². The van der Waals surface area contributed by atoms with Crippen LogP contribution in [0.3, 0.4) is 0 Å². The molecule has 0 aromatic carbocycles. The number of aromatic nitrogens is 4. The third-order valence-corrected chi connectivity index (χ3v) is 4.06. The van der Waals surface area contributed by atoms with E-state index in [0.717, 1.165) is 6.54 Å². The van der Waals surface area contributed by atoms with Gasteiger partial charge in [0.05, 0.1) is 6.33 Å². The minimum atomic E-state index is -0.416. The van der Waals surface area contributed by atoms with Crippen LogP contribution in [0.2, 0.25) is 0 Å². The molecular weight excluding hydrogens is 268 g/mol. The predicted octanol–water partition coefficient (Wildman–Crippen LogP) is 2.03. The van der Waals surface area contributed by atoms with E-state index in [0.29, 0.717) is 17.1 Å². The quantitative estimate of drug-likeness (QED) is 0.920. The first-order chi connectivity index (χ1) is 10.2. The number of nitrogens with zero attached hydrogens (tertiary/aromatic N) is 3. The van der Waals surface area contributed by atoms with Crippen LogP contribution in [0.25, 0.3) is 11.2 Å². The van der Waals surface area contributed by atoms with Crippen molar-refractivity contribution >= 4 is 11.2 Å². The smallest absolute Gasteiger partial charge is 0.324 e. The van der Waals surface area contributed by atoms with Gasteiger partial charge >= 0.3 is 5.69 Å². The highest BCUT2D eigenvalue weighted by atomic mass is 16.2. The van der Waals surface area contributed by atoms with Crippen LogP contribution >= 0.6 is 0 Å². The van der Waals surface area contributed by atoms with Crippen LogP contribution < -0.4 is 11.2 Å². The molecular formula is C15H24N4O2. The fourth-order valence-corrected chi connectivity index (χ4v) is 2.97. The van der Waals surface area contributed by atoms with Gasteiger partial charge in [0.2, 0.25) is 0 Å². The fourth-order valence-electron chi connectivity index (χ4n) is 2.97. The van der Waals surface area contributed by atoms with E-state index in [1.807, 2.05) is 18.4 Å². The van der Waals surface area contributed by atoms with Gasteiger partial charge in [0, 0.05) is 13.6 Å². The van der Waals surface area contributed by atoms with Crippen LogP contribution in [0.1, 0.15) is 46.0 Å². The van der Waals surface area contributed by atoms with E-state index in [9.17, 15) is 9.59 Å². The van der Waals surface area contributed by atoms with Gasteiger partial charge in [0.15, 0.2) is 11.2 Å². The van der Waals surface area contributed by atoms with Crippen molar-refractivity contribution in [3.05, 3.63) is 27.2 Å². The monoisotopic (exact) mass is 292 g/mol. The normalized spacial score (nSPS) is 15.8. The lowest BCUT2D eigenvalue weighted by Gasteiger charge is -2.21. The van der Waals surface area contributed by atoms with Crippen molar-refractivity contribution in [1.29, 1.82) is 0 Å². The number of hydrogen-bond acceptors (Lipinski definition) is 3. The van der Waals surface area contributed by atoms with Crippen molar-refractivity contribution < 1.29 is 0 Å². The molecule has 0 aliphatic heterocycles. The molecule has 116 valence electrons. The van der Waals surface area contributed by atoms with Gasteiger partial charge < -0.3 is 4.57 Å². The summed E-state index contributed by atoms with van der Waals surface area (Å²) in [5, 5.41) is 0. The van der Waals surface area contributed by atoms with Crippen molar-refractivity contribution in [3.63, 3.8) is 0 Å².